The van der Waals surface area contributed by atoms with Crippen LogP contribution in [0.25, 0.3) is 3.08 Å². The molecule has 0 spiro atoms. The van der Waals surface area contributed by atoms with Crippen LogP contribution < -0.4 is 0 Å². The van der Waals surface area contributed by atoms with E-state index in [-0.39, 0.29) is 0 Å². The van der Waals surface area contributed by atoms with Crippen molar-refractivity contribution in [2.45, 2.75) is 13.8 Å². The molecule has 0 fully saturated rings. The third-order valence-corrected chi connectivity index (χ3v) is 9.04. The summed E-state index contributed by atoms with van der Waals surface area (Å²) in [5.74, 6) is 0.974. The molecule has 0 saturated heterocycles. The molecule has 0 bridgehead atoms. The number of hydrogen-bond donors (Lipinski definition) is 0. The second kappa shape index (κ2) is 4.32. The van der Waals surface area contributed by atoms with Crippen LogP contribution in [0.3, 0.4) is 0 Å². The Bertz CT molecular complexity index is 247. The molecule has 0 atom stereocenters. The summed E-state index contributed by atoms with van der Waals surface area (Å²) in [5, 5.41) is 0. The topological polar surface area (TPSA) is 13.1 Å². The molecule has 0 amide bonds. The van der Waals surface area contributed by atoms with Gasteiger partial charge in [-0.3, -0.25) is 0 Å². The number of halogens is 1. The minimum atomic E-state index is -1.31. The summed E-state index contributed by atoms with van der Waals surface area (Å²) in [4.78, 5) is 0. The van der Waals surface area contributed by atoms with E-state index in [2.05, 4.69) is 13.8 Å². The van der Waals surface area contributed by atoms with Gasteiger partial charge in [0.15, 0.2) is 0 Å². The average molecular weight is 357 g/mol. The Morgan fingerprint density at radius 1 is 1.55 bits per heavy atom. The molecule has 56 valence electrons. The Kier molecular flexibility index (Phi) is 3.66. The molecule has 1 aromatic rings. The third kappa shape index (κ3) is 2.34. The fraction of sp³-hybridized carbons (Fsp3) is 0.250. The molecule has 0 aliphatic rings. The Morgan fingerprint density at radius 3 is 2.64 bits per heavy atom. The van der Waals surface area contributed by atoms with E-state index in [1.807, 2.05) is 12.1 Å². The predicted molar refractivity (Wildman–Crippen MR) is 42.8 cm³/mol. The molecule has 0 N–H and O–H groups in total. The van der Waals surface area contributed by atoms with Gasteiger partial charge in [0, 0.05) is 0 Å². The normalized spacial score (nSPS) is 9.00. The van der Waals surface area contributed by atoms with Gasteiger partial charge in [-0.2, -0.15) is 0 Å². The van der Waals surface area contributed by atoms with Gasteiger partial charge in [0.25, 0.3) is 0 Å². The quantitative estimate of drug-likeness (QED) is 0.741. The van der Waals surface area contributed by atoms with Gasteiger partial charge >= 0.3 is 82.7 Å². The van der Waals surface area contributed by atoms with E-state index in [9.17, 15) is 0 Å². The van der Waals surface area contributed by atoms with Gasteiger partial charge in [0.2, 0.25) is 0 Å². The number of hydrogen-bond acceptors (Lipinski definition) is 1. The van der Waals surface area contributed by atoms with Crippen molar-refractivity contribution in [3.63, 3.8) is 0 Å². The van der Waals surface area contributed by atoms with Crippen molar-refractivity contribution in [2.75, 3.05) is 0 Å². The molecule has 1 heterocycles. The number of rotatable bonds is 2. The second-order valence-electron chi connectivity index (χ2n) is 2.59. The molecule has 3 heteroatoms. The van der Waals surface area contributed by atoms with Crippen molar-refractivity contribution >= 4 is 11.3 Å². The van der Waals surface area contributed by atoms with Gasteiger partial charge in [-0.05, 0) is 0 Å². The summed E-state index contributed by atoms with van der Waals surface area (Å²) in [5.41, 5.74) is 1.30. The van der Waals surface area contributed by atoms with Gasteiger partial charge < -0.3 is 0 Å². The maximum atomic E-state index is 5.96. The van der Waals surface area contributed by atoms with Crippen molar-refractivity contribution in [3.8, 4) is 0 Å². The van der Waals surface area contributed by atoms with E-state index in [0.717, 1.165) is 5.76 Å². The minimum absolute atomic E-state index is 0.974. The van der Waals surface area contributed by atoms with Crippen molar-refractivity contribution in [1.82, 2.24) is 0 Å². The van der Waals surface area contributed by atoms with E-state index in [1.165, 1.54) is 8.65 Å². The Hall–Kier alpha value is 0.245. The first-order chi connectivity index (χ1) is 5.25. The standard InChI is InChI=1S/C8H9O.ClH.Hg/c1-7(2)6-8-4-3-5-9-8;;/h3-5H,1-2H3;1H;/q;;+1/p-1. The van der Waals surface area contributed by atoms with E-state index >= 15 is 0 Å². The number of furan rings is 1. The van der Waals surface area contributed by atoms with Crippen LogP contribution in [0, 0.1) is 0 Å². The van der Waals surface area contributed by atoms with E-state index < -0.39 is 23.3 Å². The van der Waals surface area contributed by atoms with Crippen molar-refractivity contribution < 1.29 is 27.8 Å². The monoisotopic (exact) mass is 358 g/mol. The third-order valence-electron chi connectivity index (χ3n) is 1.56. The Morgan fingerprint density at radius 2 is 2.27 bits per heavy atom. The average Bonchev–Trinajstić information content (AvgIpc) is 2.40. The van der Waals surface area contributed by atoms with Crippen molar-refractivity contribution in [1.29, 1.82) is 0 Å². The molecule has 0 saturated carbocycles. The van der Waals surface area contributed by atoms with Gasteiger partial charge in [0.05, 0.1) is 0 Å². The van der Waals surface area contributed by atoms with Gasteiger partial charge in [-0.25, -0.2) is 0 Å². The fourth-order valence-corrected chi connectivity index (χ4v) is 6.73. The maximum absolute atomic E-state index is 5.96. The van der Waals surface area contributed by atoms with Crippen LogP contribution in [-0.2, 0) is 23.3 Å². The van der Waals surface area contributed by atoms with Crippen LogP contribution in [0.1, 0.15) is 19.6 Å². The van der Waals surface area contributed by atoms with Crippen LogP contribution in [0.2, 0.25) is 0 Å². The number of allylic oxidation sites excluding steroid dienone is 1. The van der Waals surface area contributed by atoms with Crippen LogP contribution in [0.5, 0.6) is 0 Å². The molecule has 0 unspecified atom stereocenters. The zero-order valence-electron chi connectivity index (χ0n) is 6.73. The zero-order valence-corrected chi connectivity index (χ0v) is 13.0. The van der Waals surface area contributed by atoms with E-state index in [1.54, 1.807) is 6.26 Å². The molecule has 11 heavy (non-hydrogen) atoms. The Balaban J connectivity index is 2.99. The van der Waals surface area contributed by atoms with Crippen LogP contribution >= 0.6 is 8.25 Å². The Labute approximate surface area is 82.3 Å². The molecule has 0 aliphatic carbocycles. The van der Waals surface area contributed by atoms with E-state index in [4.69, 9.17) is 12.7 Å². The molecular formula is C8H9ClHgO. The van der Waals surface area contributed by atoms with Gasteiger partial charge in [0.1, 0.15) is 0 Å². The molecule has 1 nitrogen and oxygen atoms in total. The summed E-state index contributed by atoms with van der Waals surface area (Å²) < 4.78 is 6.56. The summed E-state index contributed by atoms with van der Waals surface area (Å²) in [6, 6.07) is 3.88. The van der Waals surface area contributed by atoms with E-state index in [0.29, 0.717) is 0 Å². The molecule has 0 radical (unpaired) electrons. The first-order valence-corrected chi connectivity index (χ1v) is 13.0. The van der Waals surface area contributed by atoms with Crippen molar-refractivity contribution in [3.05, 3.63) is 29.7 Å². The summed E-state index contributed by atoms with van der Waals surface area (Å²) in [7, 11) is 5.96. The zero-order chi connectivity index (χ0) is 8.27. The fourth-order valence-electron chi connectivity index (χ4n) is 0.896. The van der Waals surface area contributed by atoms with Gasteiger partial charge in [-0.15, -0.1) is 0 Å². The molecule has 0 aromatic carbocycles. The summed E-state index contributed by atoms with van der Waals surface area (Å²) in [6.45, 7) is 4.17. The second-order valence-corrected chi connectivity index (χ2v) is 8.72. The molecule has 1 aromatic heterocycles. The summed E-state index contributed by atoms with van der Waals surface area (Å²) >= 11 is -1.31. The SMILES string of the molecule is CC(C)=[C]([Hg][Cl])c1ccco1. The molecule has 1 rings (SSSR count). The van der Waals surface area contributed by atoms with Crippen LogP contribution in [-0.4, -0.2) is 0 Å². The van der Waals surface area contributed by atoms with Crippen LogP contribution in [0.15, 0.2) is 28.4 Å². The summed E-state index contributed by atoms with van der Waals surface area (Å²) in [6.07, 6.45) is 1.69. The predicted octanol–water partition coefficient (Wildman–Crippen LogP) is 3.27. The van der Waals surface area contributed by atoms with Crippen LogP contribution in [0.4, 0.5) is 0 Å². The first-order valence-electron chi connectivity index (χ1n) is 3.52. The molecule has 0 aliphatic heterocycles. The molecular weight excluding hydrogens is 348 g/mol. The van der Waals surface area contributed by atoms with Crippen molar-refractivity contribution in [2.24, 2.45) is 0 Å². The first kappa shape index (κ1) is 9.33. The van der Waals surface area contributed by atoms with Gasteiger partial charge in [-0.1, -0.05) is 0 Å².